The Morgan fingerprint density at radius 3 is 2.52 bits per heavy atom. The summed E-state index contributed by atoms with van der Waals surface area (Å²) in [6, 6.07) is 0. The highest BCUT2D eigenvalue weighted by Gasteiger charge is 2.55. The molecule has 0 aromatic heterocycles. The molecule has 0 aromatic rings. The van der Waals surface area contributed by atoms with Crippen molar-refractivity contribution in [2.24, 2.45) is 29.1 Å². The third kappa shape index (κ3) is 4.75. The second-order valence-corrected chi connectivity index (χ2v) is 11.2. The molecule has 166 valence electrons. The average Bonchev–Trinajstić information content (AvgIpc) is 3.04. The van der Waals surface area contributed by atoms with E-state index >= 15 is 0 Å². The van der Waals surface area contributed by atoms with Gasteiger partial charge in [-0.05, 0) is 75.0 Å². The second kappa shape index (κ2) is 8.96. The molecular weight excluding hydrogens is 362 g/mol. The molecule has 0 aromatic carbocycles. The van der Waals surface area contributed by atoms with E-state index in [1.165, 1.54) is 38.5 Å². The van der Waals surface area contributed by atoms with Crippen LogP contribution >= 0.6 is 0 Å². The van der Waals surface area contributed by atoms with Crippen molar-refractivity contribution in [1.29, 1.82) is 0 Å². The monoisotopic (exact) mass is 405 g/mol. The molecule has 3 saturated carbocycles. The molecule has 4 aliphatic rings. The predicted molar refractivity (Wildman–Crippen MR) is 116 cm³/mol. The Morgan fingerprint density at radius 2 is 1.72 bits per heavy atom. The summed E-state index contributed by atoms with van der Waals surface area (Å²) in [5, 5.41) is 10.6. The van der Waals surface area contributed by atoms with Gasteiger partial charge in [0.2, 0.25) is 0 Å². The summed E-state index contributed by atoms with van der Waals surface area (Å²) in [6.45, 7) is 8.50. The molecule has 0 spiro atoms. The molecule has 1 N–H and O–H groups in total. The largest absolute Gasteiger partial charge is 0.390 e. The molecule has 4 rings (SSSR count). The van der Waals surface area contributed by atoms with Crippen LogP contribution in [0, 0.1) is 29.1 Å². The van der Waals surface area contributed by atoms with E-state index < -0.39 is 5.60 Å². The van der Waals surface area contributed by atoms with Crippen LogP contribution < -0.4 is 0 Å². The Kier molecular flexibility index (Phi) is 6.73. The van der Waals surface area contributed by atoms with Crippen LogP contribution in [0.4, 0.5) is 0 Å². The van der Waals surface area contributed by atoms with Crippen molar-refractivity contribution < 1.29 is 14.6 Å². The fourth-order valence-corrected chi connectivity index (χ4v) is 7.54. The Labute approximate surface area is 177 Å². The molecule has 6 atom stereocenters. The molecule has 6 unspecified atom stereocenters. The van der Waals surface area contributed by atoms with Crippen LogP contribution in [0.5, 0.6) is 0 Å². The van der Waals surface area contributed by atoms with E-state index in [4.69, 9.17) is 4.74 Å². The number of fused-ring (bicyclic) bond motifs is 3. The van der Waals surface area contributed by atoms with Gasteiger partial charge < -0.3 is 9.84 Å². The average molecular weight is 406 g/mol. The highest BCUT2D eigenvalue weighted by molar-refractivity contribution is 5.84. The van der Waals surface area contributed by atoms with E-state index in [-0.39, 0.29) is 11.3 Å². The number of hydrogen-bond donors (Lipinski definition) is 1. The number of carbonyl (C=O) groups is 1. The van der Waals surface area contributed by atoms with Crippen LogP contribution in [-0.4, -0.2) is 54.2 Å². The van der Waals surface area contributed by atoms with Gasteiger partial charge in [0.25, 0.3) is 0 Å². The Balaban J connectivity index is 1.42. The molecule has 29 heavy (non-hydrogen) atoms. The zero-order valence-corrected chi connectivity index (χ0v) is 18.8. The maximum absolute atomic E-state index is 13.3. The fourth-order valence-electron chi connectivity index (χ4n) is 7.54. The van der Waals surface area contributed by atoms with E-state index in [1.807, 2.05) is 6.92 Å². The summed E-state index contributed by atoms with van der Waals surface area (Å²) in [6.07, 6.45) is 13.0. The van der Waals surface area contributed by atoms with E-state index in [0.717, 1.165) is 76.2 Å². The Morgan fingerprint density at radius 1 is 0.966 bits per heavy atom. The lowest BCUT2D eigenvalue weighted by Gasteiger charge is -2.49. The minimum Gasteiger partial charge on any atom is -0.390 e. The highest BCUT2D eigenvalue weighted by Crippen LogP contribution is 2.61. The van der Waals surface area contributed by atoms with Gasteiger partial charge in [0, 0.05) is 19.0 Å². The molecule has 4 heteroatoms. The van der Waals surface area contributed by atoms with Crippen molar-refractivity contribution in [1.82, 2.24) is 4.90 Å². The van der Waals surface area contributed by atoms with E-state index in [0.29, 0.717) is 12.3 Å². The zero-order chi connectivity index (χ0) is 20.5. The quantitative estimate of drug-likeness (QED) is 0.754. The Hall–Kier alpha value is -0.450. The number of Topliss-reactive ketones (excluding diaryl/α,β-unsaturated/α-hetero) is 1. The number of aliphatic hydroxyl groups is 1. The van der Waals surface area contributed by atoms with E-state index in [1.54, 1.807) is 0 Å². The molecule has 4 nitrogen and oxygen atoms in total. The first-order valence-electron chi connectivity index (χ1n) is 12.4. The zero-order valence-electron chi connectivity index (χ0n) is 18.8. The lowest BCUT2D eigenvalue weighted by Crippen LogP contribution is -2.47. The summed E-state index contributed by atoms with van der Waals surface area (Å²) in [7, 11) is 0. The van der Waals surface area contributed by atoms with Gasteiger partial charge >= 0.3 is 0 Å². The lowest BCUT2D eigenvalue weighted by atomic mass is 9.55. The van der Waals surface area contributed by atoms with E-state index in [9.17, 15) is 9.90 Å². The first-order valence-corrected chi connectivity index (χ1v) is 12.4. The molecule has 3 aliphatic carbocycles. The van der Waals surface area contributed by atoms with Crippen LogP contribution in [0.15, 0.2) is 0 Å². The maximum Gasteiger partial charge on any atom is 0.150 e. The van der Waals surface area contributed by atoms with Crippen molar-refractivity contribution in [2.45, 2.75) is 90.1 Å². The normalized spacial score (nSPS) is 44.7. The summed E-state index contributed by atoms with van der Waals surface area (Å²) in [4.78, 5) is 15.6. The third-order valence-corrected chi connectivity index (χ3v) is 9.25. The van der Waals surface area contributed by atoms with Gasteiger partial charge in [0.05, 0.1) is 25.4 Å². The van der Waals surface area contributed by atoms with Crippen LogP contribution in [0.25, 0.3) is 0 Å². The van der Waals surface area contributed by atoms with Crippen molar-refractivity contribution in [3.63, 3.8) is 0 Å². The topological polar surface area (TPSA) is 49.8 Å². The minimum absolute atomic E-state index is 0.222. The van der Waals surface area contributed by atoms with Crippen molar-refractivity contribution in [3.05, 3.63) is 0 Å². The number of ether oxygens (including phenoxy) is 1. The molecule has 4 fully saturated rings. The van der Waals surface area contributed by atoms with Crippen molar-refractivity contribution in [2.75, 3.05) is 32.8 Å². The van der Waals surface area contributed by atoms with Gasteiger partial charge in [-0.25, -0.2) is 0 Å². The van der Waals surface area contributed by atoms with Gasteiger partial charge in [-0.15, -0.1) is 0 Å². The Bertz CT molecular complexity index is 570. The number of carbonyl (C=O) groups excluding carboxylic acids is 1. The first-order chi connectivity index (χ1) is 13.9. The predicted octanol–water partition coefficient (Wildman–Crippen LogP) is 4.44. The van der Waals surface area contributed by atoms with Crippen LogP contribution in [-0.2, 0) is 9.53 Å². The van der Waals surface area contributed by atoms with Crippen LogP contribution in [0.1, 0.15) is 84.5 Å². The SMILES string of the molecule is CC1(O)CCCCC2C(CCC1)CCC1(C)C(C(=O)CN3CCOCC3)CCC21. The first kappa shape index (κ1) is 21.8. The smallest absolute Gasteiger partial charge is 0.150 e. The fraction of sp³-hybridized carbons (Fsp3) is 0.960. The number of hydrogen-bond acceptors (Lipinski definition) is 4. The molecule has 1 saturated heterocycles. The lowest BCUT2D eigenvalue weighted by molar-refractivity contribution is -0.130. The minimum atomic E-state index is -0.458. The number of morpholine rings is 1. The number of ketones is 1. The van der Waals surface area contributed by atoms with Crippen molar-refractivity contribution >= 4 is 5.78 Å². The second-order valence-electron chi connectivity index (χ2n) is 11.2. The molecule has 1 aliphatic heterocycles. The van der Waals surface area contributed by atoms with E-state index in [2.05, 4.69) is 11.8 Å². The highest BCUT2D eigenvalue weighted by atomic mass is 16.5. The molecular formula is C25H43NO3. The summed E-state index contributed by atoms with van der Waals surface area (Å²) < 4.78 is 5.46. The molecule has 1 heterocycles. The van der Waals surface area contributed by atoms with Crippen LogP contribution in [0.2, 0.25) is 0 Å². The third-order valence-electron chi connectivity index (χ3n) is 9.25. The number of nitrogens with zero attached hydrogens (tertiary/aromatic N) is 1. The van der Waals surface area contributed by atoms with Crippen LogP contribution in [0.3, 0.4) is 0 Å². The van der Waals surface area contributed by atoms with Crippen molar-refractivity contribution in [3.8, 4) is 0 Å². The standard InChI is InChI=1S/C25H43NO3/c1-24(28)11-4-3-7-20-19(6-5-12-24)10-13-25(2)21(20)8-9-22(25)23(27)18-26-14-16-29-17-15-26/h19-22,28H,3-18H2,1-2H3. The summed E-state index contributed by atoms with van der Waals surface area (Å²) in [5.74, 6) is 3.13. The number of rotatable bonds is 3. The van der Waals surface area contributed by atoms with Gasteiger partial charge in [-0.3, -0.25) is 9.69 Å². The molecule has 0 bridgehead atoms. The molecule has 0 radical (unpaired) electrons. The molecule has 0 amide bonds. The summed E-state index contributed by atoms with van der Waals surface area (Å²) >= 11 is 0. The maximum atomic E-state index is 13.3. The van der Waals surface area contributed by atoms with Gasteiger partial charge in [-0.2, -0.15) is 0 Å². The summed E-state index contributed by atoms with van der Waals surface area (Å²) in [5.41, 5.74) is -0.236. The van der Waals surface area contributed by atoms with Gasteiger partial charge in [0.1, 0.15) is 5.78 Å². The van der Waals surface area contributed by atoms with Gasteiger partial charge in [-0.1, -0.05) is 32.6 Å². The van der Waals surface area contributed by atoms with Gasteiger partial charge in [0.15, 0.2) is 0 Å².